The van der Waals surface area contributed by atoms with E-state index >= 15 is 0 Å². The van der Waals surface area contributed by atoms with Gasteiger partial charge in [-0.3, -0.25) is 0 Å². The monoisotopic (exact) mass is 250 g/mol. The third-order valence-electron chi connectivity index (χ3n) is 3.23. The summed E-state index contributed by atoms with van der Waals surface area (Å²) in [6, 6.07) is 9.08. The van der Waals surface area contributed by atoms with Gasteiger partial charge in [-0.1, -0.05) is 12.8 Å². The lowest BCUT2D eigenvalue weighted by Gasteiger charge is -2.14. The standard InChI is InChI=1S/C14H22N2S/c1-11(10-15)16-12-6-8-14(9-7-12)17-13-4-2-3-5-13/h6-9,11,13,16H,2-5,10,15H2,1H3. The zero-order valence-corrected chi connectivity index (χ0v) is 11.3. The van der Waals surface area contributed by atoms with E-state index in [4.69, 9.17) is 5.73 Å². The summed E-state index contributed by atoms with van der Waals surface area (Å²) in [5.74, 6) is 0. The zero-order chi connectivity index (χ0) is 12.1. The lowest BCUT2D eigenvalue weighted by molar-refractivity contribution is 0.804. The van der Waals surface area contributed by atoms with E-state index in [0.29, 0.717) is 12.6 Å². The maximum Gasteiger partial charge on any atom is 0.0355 e. The Labute approximate surface area is 108 Å². The molecular weight excluding hydrogens is 228 g/mol. The van der Waals surface area contributed by atoms with E-state index in [0.717, 1.165) is 5.25 Å². The van der Waals surface area contributed by atoms with Gasteiger partial charge in [-0.2, -0.15) is 0 Å². The molecule has 1 aliphatic rings. The fraction of sp³-hybridized carbons (Fsp3) is 0.571. The average Bonchev–Trinajstić information content (AvgIpc) is 2.84. The molecule has 3 N–H and O–H groups in total. The Bertz CT molecular complexity index is 331. The van der Waals surface area contributed by atoms with Crippen LogP contribution in [0.25, 0.3) is 0 Å². The molecule has 0 radical (unpaired) electrons. The fourth-order valence-corrected chi connectivity index (χ4v) is 3.42. The molecule has 0 amide bonds. The van der Waals surface area contributed by atoms with Crippen molar-refractivity contribution < 1.29 is 0 Å². The highest BCUT2D eigenvalue weighted by Gasteiger charge is 2.15. The molecule has 1 aromatic rings. The second-order valence-electron chi connectivity index (χ2n) is 4.83. The van der Waals surface area contributed by atoms with Crippen LogP contribution in [0.1, 0.15) is 32.6 Å². The van der Waals surface area contributed by atoms with E-state index in [-0.39, 0.29) is 0 Å². The van der Waals surface area contributed by atoms with Crippen LogP contribution in [-0.4, -0.2) is 17.8 Å². The van der Waals surface area contributed by atoms with Crippen LogP contribution in [0, 0.1) is 0 Å². The molecule has 2 nitrogen and oxygen atoms in total. The Morgan fingerprint density at radius 2 is 1.94 bits per heavy atom. The molecule has 1 fully saturated rings. The van der Waals surface area contributed by atoms with E-state index in [2.05, 4.69) is 36.5 Å². The summed E-state index contributed by atoms with van der Waals surface area (Å²) >= 11 is 2.03. The molecule has 1 atom stereocenters. The molecule has 0 aromatic heterocycles. The van der Waals surface area contributed by atoms with Gasteiger partial charge in [-0.15, -0.1) is 11.8 Å². The summed E-state index contributed by atoms with van der Waals surface area (Å²) < 4.78 is 0. The second kappa shape index (κ2) is 6.31. The predicted octanol–water partition coefficient (Wildman–Crippen LogP) is 3.48. The van der Waals surface area contributed by atoms with Crippen LogP contribution in [0.2, 0.25) is 0 Å². The molecule has 0 bridgehead atoms. The van der Waals surface area contributed by atoms with Gasteiger partial charge in [0, 0.05) is 28.4 Å². The summed E-state index contributed by atoms with van der Waals surface area (Å²) in [4.78, 5) is 1.39. The maximum atomic E-state index is 5.59. The van der Waals surface area contributed by atoms with Gasteiger partial charge < -0.3 is 11.1 Å². The molecule has 1 aromatic carbocycles. The zero-order valence-electron chi connectivity index (χ0n) is 10.5. The van der Waals surface area contributed by atoms with Gasteiger partial charge in [0.25, 0.3) is 0 Å². The highest BCUT2D eigenvalue weighted by atomic mass is 32.2. The minimum Gasteiger partial charge on any atom is -0.381 e. The molecule has 17 heavy (non-hydrogen) atoms. The van der Waals surface area contributed by atoms with Gasteiger partial charge in [-0.05, 0) is 44.0 Å². The molecular formula is C14H22N2S. The number of anilines is 1. The van der Waals surface area contributed by atoms with Gasteiger partial charge in [0.2, 0.25) is 0 Å². The van der Waals surface area contributed by atoms with Crippen LogP contribution >= 0.6 is 11.8 Å². The molecule has 0 heterocycles. The van der Waals surface area contributed by atoms with Crippen LogP contribution in [0.3, 0.4) is 0 Å². The minimum absolute atomic E-state index is 0.336. The third kappa shape index (κ3) is 3.93. The maximum absolute atomic E-state index is 5.59. The number of benzene rings is 1. The van der Waals surface area contributed by atoms with Gasteiger partial charge in [0.05, 0.1) is 0 Å². The number of nitrogens with two attached hydrogens (primary N) is 1. The Morgan fingerprint density at radius 1 is 1.29 bits per heavy atom. The number of hydrogen-bond acceptors (Lipinski definition) is 3. The summed E-state index contributed by atoms with van der Waals surface area (Å²) in [6.45, 7) is 2.76. The molecule has 1 unspecified atom stereocenters. The molecule has 3 heteroatoms. The first-order chi connectivity index (χ1) is 8.28. The van der Waals surface area contributed by atoms with Crippen molar-refractivity contribution in [3.05, 3.63) is 24.3 Å². The van der Waals surface area contributed by atoms with Crippen molar-refractivity contribution in [2.45, 2.75) is 48.8 Å². The number of hydrogen-bond donors (Lipinski definition) is 2. The van der Waals surface area contributed by atoms with Crippen molar-refractivity contribution in [3.8, 4) is 0 Å². The van der Waals surface area contributed by atoms with E-state index in [1.54, 1.807) is 0 Å². The van der Waals surface area contributed by atoms with E-state index in [9.17, 15) is 0 Å². The Kier molecular flexibility index (Phi) is 4.75. The van der Waals surface area contributed by atoms with E-state index < -0.39 is 0 Å². The minimum atomic E-state index is 0.336. The highest BCUT2D eigenvalue weighted by Crippen LogP contribution is 2.34. The largest absolute Gasteiger partial charge is 0.381 e. The van der Waals surface area contributed by atoms with E-state index in [1.165, 1.54) is 36.3 Å². The summed E-state index contributed by atoms with van der Waals surface area (Å²) in [5, 5.41) is 4.22. The molecule has 1 saturated carbocycles. The number of thioether (sulfide) groups is 1. The van der Waals surface area contributed by atoms with Gasteiger partial charge in [-0.25, -0.2) is 0 Å². The Morgan fingerprint density at radius 3 is 2.53 bits per heavy atom. The average molecular weight is 250 g/mol. The van der Waals surface area contributed by atoms with Crippen molar-refractivity contribution in [1.82, 2.24) is 0 Å². The molecule has 1 aliphatic carbocycles. The SMILES string of the molecule is CC(CN)Nc1ccc(SC2CCCC2)cc1. The lowest BCUT2D eigenvalue weighted by Crippen LogP contribution is -2.24. The normalized spacial score (nSPS) is 18.2. The van der Waals surface area contributed by atoms with Crippen LogP contribution < -0.4 is 11.1 Å². The van der Waals surface area contributed by atoms with Gasteiger partial charge >= 0.3 is 0 Å². The van der Waals surface area contributed by atoms with Crippen LogP contribution in [0.4, 0.5) is 5.69 Å². The first-order valence-electron chi connectivity index (χ1n) is 6.51. The molecule has 0 saturated heterocycles. The lowest BCUT2D eigenvalue weighted by atomic mass is 10.2. The van der Waals surface area contributed by atoms with Crippen molar-refractivity contribution in [3.63, 3.8) is 0 Å². The first kappa shape index (κ1) is 12.8. The molecule has 94 valence electrons. The van der Waals surface area contributed by atoms with Crippen molar-refractivity contribution in [2.24, 2.45) is 5.73 Å². The van der Waals surface area contributed by atoms with Crippen molar-refractivity contribution in [1.29, 1.82) is 0 Å². The smallest absolute Gasteiger partial charge is 0.0355 e. The van der Waals surface area contributed by atoms with Crippen LogP contribution in [-0.2, 0) is 0 Å². The fourth-order valence-electron chi connectivity index (χ4n) is 2.17. The molecule has 2 rings (SSSR count). The highest BCUT2D eigenvalue weighted by molar-refractivity contribution is 8.00. The molecule has 0 aliphatic heterocycles. The van der Waals surface area contributed by atoms with Gasteiger partial charge in [0.15, 0.2) is 0 Å². The Balaban J connectivity index is 1.88. The van der Waals surface area contributed by atoms with Crippen molar-refractivity contribution in [2.75, 3.05) is 11.9 Å². The topological polar surface area (TPSA) is 38.0 Å². The number of rotatable bonds is 5. The summed E-state index contributed by atoms with van der Waals surface area (Å²) in [5.41, 5.74) is 6.76. The predicted molar refractivity (Wildman–Crippen MR) is 76.7 cm³/mol. The second-order valence-corrected chi connectivity index (χ2v) is 6.20. The third-order valence-corrected chi connectivity index (χ3v) is 4.57. The van der Waals surface area contributed by atoms with E-state index in [1.807, 2.05) is 11.8 Å². The summed E-state index contributed by atoms with van der Waals surface area (Å²) in [6.07, 6.45) is 5.58. The quantitative estimate of drug-likeness (QED) is 0.840. The first-order valence-corrected chi connectivity index (χ1v) is 7.39. The van der Waals surface area contributed by atoms with Gasteiger partial charge in [0.1, 0.15) is 0 Å². The summed E-state index contributed by atoms with van der Waals surface area (Å²) in [7, 11) is 0. The Hall–Kier alpha value is -0.670. The van der Waals surface area contributed by atoms with Crippen LogP contribution in [0.15, 0.2) is 29.2 Å². The van der Waals surface area contributed by atoms with Crippen LogP contribution in [0.5, 0.6) is 0 Å². The molecule has 0 spiro atoms. The van der Waals surface area contributed by atoms with Crippen molar-refractivity contribution >= 4 is 17.4 Å². The number of nitrogens with one attached hydrogen (secondary N) is 1.